The van der Waals surface area contributed by atoms with E-state index in [1.807, 2.05) is 30.5 Å². The van der Waals surface area contributed by atoms with Gasteiger partial charge >= 0.3 is 0 Å². The molecule has 0 spiro atoms. The number of nitrogens with two attached hydrogens (primary N) is 1. The smallest absolute Gasteiger partial charge is 0.252 e. The molecular weight excluding hydrogens is 282 g/mol. The molecule has 0 unspecified atom stereocenters. The van der Waals surface area contributed by atoms with Crippen LogP contribution in [-0.2, 0) is 5.88 Å². The lowest BCUT2D eigenvalue weighted by molar-refractivity contribution is 0.1000. The third-order valence-electron chi connectivity index (χ3n) is 2.57. The van der Waals surface area contributed by atoms with E-state index in [1.165, 1.54) is 18.0 Å². The van der Waals surface area contributed by atoms with Crippen LogP contribution in [0.1, 0.15) is 15.9 Å². The van der Waals surface area contributed by atoms with Crippen molar-refractivity contribution in [2.75, 3.05) is 6.26 Å². The van der Waals surface area contributed by atoms with Gasteiger partial charge in [-0.2, -0.15) is 0 Å². The number of amides is 1. The highest BCUT2D eigenvalue weighted by Crippen LogP contribution is 2.24. The summed E-state index contributed by atoms with van der Waals surface area (Å²) in [5, 5.41) is 0.594. The van der Waals surface area contributed by atoms with E-state index in [9.17, 15) is 4.79 Å². The third-order valence-corrected chi connectivity index (χ3v) is 3.44. The van der Waals surface area contributed by atoms with Gasteiger partial charge in [-0.25, -0.2) is 9.97 Å². The van der Waals surface area contributed by atoms with E-state index in [0.717, 1.165) is 11.1 Å². The van der Waals surface area contributed by atoms with Crippen LogP contribution in [0.3, 0.4) is 0 Å². The number of benzene rings is 1. The Balaban J connectivity index is 2.60. The van der Waals surface area contributed by atoms with Crippen LogP contribution in [0.5, 0.6) is 0 Å². The molecule has 1 aromatic carbocycles. The minimum Gasteiger partial charge on any atom is -0.365 e. The predicted octanol–water partition coefficient (Wildman–Crippen LogP) is 2.70. The molecule has 4 nitrogen and oxygen atoms in total. The van der Waals surface area contributed by atoms with E-state index in [4.69, 9.17) is 17.3 Å². The lowest BCUT2D eigenvalue weighted by atomic mass is 10.0. The van der Waals surface area contributed by atoms with Crippen LogP contribution in [0.25, 0.3) is 11.3 Å². The first kappa shape index (κ1) is 13.8. The molecule has 2 N–H and O–H groups in total. The molecule has 0 saturated heterocycles. The lowest BCUT2D eigenvalue weighted by Gasteiger charge is -2.08. The second kappa shape index (κ2) is 6.04. The van der Waals surface area contributed by atoms with E-state index in [2.05, 4.69) is 9.97 Å². The highest BCUT2D eigenvalue weighted by Gasteiger charge is 2.14. The number of alkyl halides is 1. The molecule has 0 aliphatic rings. The summed E-state index contributed by atoms with van der Waals surface area (Å²) in [7, 11) is 0. The minimum atomic E-state index is -0.543. The number of thioether (sulfide) groups is 1. The summed E-state index contributed by atoms with van der Waals surface area (Å²) in [6.07, 6.45) is 3.34. The van der Waals surface area contributed by atoms with Gasteiger partial charge in [0.25, 0.3) is 5.91 Å². The van der Waals surface area contributed by atoms with Crippen LogP contribution in [0.15, 0.2) is 35.6 Å². The topological polar surface area (TPSA) is 68.9 Å². The van der Waals surface area contributed by atoms with Gasteiger partial charge in [-0.3, -0.25) is 4.79 Å². The van der Waals surface area contributed by atoms with Crippen molar-refractivity contribution in [1.29, 1.82) is 0 Å². The number of halogens is 1. The van der Waals surface area contributed by atoms with Crippen molar-refractivity contribution in [3.8, 4) is 11.3 Å². The van der Waals surface area contributed by atoms with Gasteiger partial charge < -0.3 is 5.73 Å². The molecular formula is C13H12ClN3OS. The van der Waals surface area contributed by atoms with Crippen molar-refractivity contribution < 1.29 is 4.79 Å². The van der Waals surface area contributed by atoms with Crippen LogP contribution in [-0.4, -0.2) is 22.1 Å². The first-order valence-corrected chi connectivity index (χ1v) is 7.27. The molecule has 0 saturated carbocycles. The number of carbonyl (C=O) groups excluding carboxylic acids is 1. The molecule has 98 valence electrons. The average Bonchev–Trinajstić information content (AvgIpc) is 2.46. The number of hydrogen-bond acceptors (Lipinski definition) is 4. The van der Waals surface area contributed by atoms with Gasteiger partial charge in [0.15, 0.2) is 5.16 Å². The standard InChI is InChI=1S/C13H12ClN3OS/c1-19-13-16-7-10(12(15)18)11(17-13)9-4-2-3-8(5-9)6-14/h2-5,7H,6H2,1H3,(H2,15,18). The first-order chi connectivity index (χ1) is 9.15. The molecule has 0 atom stereocenters. The number of rotatable bonds is 4. The SMILES string of the molecule is CSc1ncc(C(N)=O)c(-c2cccc(CCl)c2)n1. The molecule has 0 aliphatic carbocycles. The molecule has 2 aromatic rings. The van der Waals surface area contributed by atoms with Gasteiger partial charge in [0.2, 0.25) is 0 Å². The van der Waals surface area contributed by atoms with Gasteiger partial charge in [0.05, 0.1) is 11.3 Å². The van der Waals surface area contributed by atoms with E-state index in [1.54, 1.807) is 0 Å². The first-order valence-electron chi connectivity index (χ1n) is 5.52. The molecule has 1 heterocycles. The maximum absolute atomic E-state index is 11.5. The highest BCUT2D eigenvalue weighted by atomic mass is 35.5. The Kier molecular flexibility index (Phi) is 4.39. The Bertz CT molecular complexity index is 619. The molecule has 1 amide bonds. The summed E-state index contributed by atoms with van der Waals surface area (Å²) in [6.45, 7) is 0. The van der Waals surface area contributed by atoms with Gasteiger partial charge in [0, 0.05) is 17.6 Å². The van der Waals surface area contributed by atoms with Gasteiger partial charge in [0.1, 0.15) is 0 Å². The maximum atomic E-state index is 11.5. The fourth-order valence-corrected chi connectivity index (χ4v) is 2.17. The van der Waals surface area contributed by atoms with Crippen LogP contribution in [0.4, 0.5) is 0 Å². The number of carbonyl (C=O) groups is 1. The second-order valence-electron chi connectivity index (χ2n) is 3.82. The molecule has 0 radical (unpaired) electrons. The number of nitrogens with zero attached hydrogens (tertiary/aromatic N) is 2. The fraction of sp³-hybridized carbons (Fsp3) is 0.154. The molecule has 1 aromatic heterocycles. The zero-order valence-corrected chi connectivity index (χ0v) is 11.8. The zero-order chi connectivity index (χ0) is 13.8. The summed E-state index contributed by atoms with van der Waals surface area (Å²) in [4.78, 5) is 19.9. The van der Waals surface area contributed by atoms with Gasteiger partial charge in [-0.1, -0.05) is 30.0 Å². The number of aromatic nitrogens is 2. The van der Waals surface area contributed by atoms with Crippen LogP contribution >= 0.6 is 23.4 Å². The van der Waals surface area contributed by atoms with Crippen LogP contribution in [0, 0.1) is 0 Å². The Morgan fingerprint density at radius 1 is 1.47 bits per heavy atom. The van der Waals surface area contributed by atoms with Gasteiger partial charge in [-0.05, 0) is 17.9 Å². The number of hydrogen-bond donors (Lipinski definition) is 1. The quantitative estimate of drug-likeness (QED) is 0.534. The fourth-order valence-electron chi connectivity index (χ4n) is 1.67. The monoisotopic (exact) mass is 293 g/mol. The minimum absolute atomic E-state index is 0.310. The van der Waals surface area contributed by atoms with Gasteiger partial charge in [-0.15, -0.1) is 11.6 Å². The Labute approximate surface area is 120 Å². The third kappa shape index (κ3) is 3.05. The van der Waals surface area contributed by atoms with Crippen LogP contribution in [0.2, 0.25) is 0 Å². The highest BCUT2D eigenvalue weighted by molar-refractivity contribution is 7.98. The van der Waals surface area contributed by atoms with E-state index in [0.29, 0.717) is 22.3 Å². The maximum Gasteiger partial charge on any atom is 0.252 e. The van der Waals surface area contributed by atoms with E-state index in [-0.39, 0.29) is 0 Å². The Morgan fingerprint density at radius 3 is 2.89 bits per heavy atom. The van der Waals surface area contributed by atoms with Crippen molar-refractivity contribution in [2.24, 2.45) is 5.73 Å². The molecule has 0 fully saturated rings. The predicted molar refractivity (Wildman–Crippen MR) is 77.3 cm³/mol. The van der Waals surface area contributed by atoms with Crippen molar-refractivity contribution >= 4 is 29.3 Å². The van der Waals surface area contributed by atoms with Crippen molar-refractivity contribution in [2.45, 2.75) is 11.0 Å². The Hall–Kier alpha value is -1.59. The molecule has 6 heteroatoms. The summed E-state index contributed by atoms with van der Waals surface area (Å²) in [6, 6.07) is 7.55. The zero-order valence-electron chi connectivity index (χ0n) is 10.3. The molecule has 2 rings (SSSR count). The average molecular weight is 294 g/mol. The number of primary amides is 1. The summed E-state index contributed by atoms with van der Waals surface area (Å²) >= 11 is 7.23. The Morgan fingerprint density at radius 2 is 2.26 bits per heavy atom. The largest absolute Gasteiger partial charge is 0.365 e. The van der Waals surface area contributed by atoms with E-state index >= 15 is 0 Å². The second-order valence-corrected chi connectivity index (χ2v) is 4.86. The summed E-state index contributed by atoms with van der Waals surface area (Å²) < 4.78 is 0. The molecule has 0 bridgehead atoms. The summed E-state index contributed by atoms with van der Waals surface area (Å²) in [5.41, 5.74) is 7.98. The van der Waals surface area contributed by atoms with Crippen molar-refractivity contribution in [1.82, 2.24) is 9.97 Å². The molecule has 19 heavy (non-hydrogen) atoms. The van der Waals surface area contributed by atoms with Crippen molar-refractivity contribution in [3.63, 3.8) is 0 Å². The van der Waals surface area contributed by atoms with Crippen molar-refractivity contribution in [3.05, 3.63) is 41.6 Å². The molecule has 0 aliphatic heterocycles. The lowest BCUT2D eigenvalue weighted by Crippen LogP contribution is -2.14. The van der Waals surface area contributed by atoms with Crippen LogP contribution < -0.4 is 5.73 Å². The normalized spacial score (nSPS) is 10.4. The summed E-state index contributed by atoms with van der Waals surface area (Å²) in [5.74, 6) is -0.140. The van der Waals surface area contributed by atoms with E-state index < -0.39 is 5.91 Å².